The Morgan fingerprint density at radius 3 is 2.74 bits per heavy atom. The first-order valence-corrected chi connectivity index (χ1v) is 8.27. The fraction of sp³-hybridized carbons (Fsp3) is 0.316. The lowest BCUT2D eigenvalue weighted by Gasteiger charge is -2.30. The monoisotopic (exact) mass is 328 g/mol. The number of benzene rings is 2. The lowest BCUT2D eigenvalue weighted by atomic mass is 10.00. The molecule has 0 spiro atoms. The molecule has 0 N–H and O–H groups in total. The van der Waals surface area contributed by atoms with Crippen molar-refractivity contribution in [3.05, 3.63) is 70.2 Å². The number of carbonyl (C=O) groups is 1. The molecule has 4 heteroatoms. The SMILES string of the molecule is CN(CC(=O)N1CCc2ccccc2C1)Cc1cccc(Cl)c1. The minimum atomic E-state index is 0.184. The third-order valence-electron chi connectivity index (χ3n) is 4.23. The average molecular weight is 329 g/mol. The van der Waals surface area contributed by atoms with Crippen LogP contribution in [0.5, 0.6) is 0 Å². The second-order valence-corrected chi connectivity index (χ2v) is 6.57. The number of hydrogen-bond donors (Lipinski definition) is 0. The normalized spacial score (nSPS) is 14.0. The van der Waals surface area contributed by atoms with Gasteiger partial charge in [0.25, 0.3) is 0 Å². The maximum absolute atomic E-state index is 12.5. The van der Waals surface area contributed by atoms with E-state index in [1.807, 2.05) is 47.2 Å². The maximum atomic E-state index is 12.5. The molecule has 0 radical (unpaired) electrons. The molecule has 0 saturated heterocycles. The number of likely N-dealkylation sites (N-methyl/N-ethyl adjacent to an activating group) is 1. The van der Waals surface area contributed by atoms with Gasteiger partial charge in [0.15, 0.2) is 0 Å². The van der Waals surface area contributed by atoms with E-state index in [4.69, 9.17) is 11.6 Å². The zero-order valence-corrected chi connectivity index (χ0v) is 14.1. The summed E-state index contributed by atoms with van der Waals surface area (Å²) in [6, 6.07) is 16.2. The molecule has 0 unspecified atom stereocenters. The van der Waals surface area contributed by atoms with E-state index in [-0.39, 0.29) is 5.91 Å². The molecule has 120 valence electrons. The second-order valence-electron chi connectivity index (χ2n) is 6.14. The van der Waals surface area contributed by atoms with Gasteiger partial charge in [0.05, 0.1) is 6.54 Å². The van der Waals surface area contributed by atoms with E-state index in [9.17, 15) is 4.79 Å². The molecule has 3 nitrogen and oxygen atoms in total. The maximum Gasteiger partial charge on any atom is 0.237 e. The van der Waals surface area contributed by atoms with Gasteiger partial charge in [0, 0.05) is 24.7 Å². The fourth-order valence-electron chi connectivity index (χ4n) is 3.04. The van der Waals surface area contributed by atoms with Crippen LogP contribution in [0.4, 0.5) is 0 Å². The molecular formula is C19H21ClN2O. The highest BCUT2D eigenvalue weighted by atomic mass is 35.5. The van der Waals surface area contributed by atoms with Gasteiger partial charge in [-0.1, -0.05) is 48.0 Å². The Bertz CT molecular complexity index is 701. The number of nitrogens with zero attached hydrogens (tertiary/aromatic N) is 2. The molecule has 0 aromatic heterocycles. The Kier molecular flexibility index (Phi) is 4.99. The summed E-state index contributed by atoms with van der Waals surface area (Å²) < 4.78 is 0. The lowest BCUT2D eigenvalue weighted by molar-refractivity contribution is -0.133. The molecule has 1 heterocycles. The highest BCUT2D eigenvalue weighted by Gasteiger charge is 2.21. The van der Waals surface area contributed by atoms with Crippen LogP contribution >= 0.6 is 11.6 Å². The van der Waals surface area contributed by atoms with Crippen molar-refractivity contribution in [2.24, 2.45) is 0 Å². The minimum absolute atomic E-state index is 0.184. The van der Waals surface area contributed by atoms with Crippen molar-refractivity contribution in [2.75, 3.05) is 20.1 Å². The van der Waals surface area contributed by atoms with Crippen LogP contribution in [0.3, 0.4) is 0 Å². The number of rotatable bonds is 4. The molecule has 0 aliphatic carbocycles. The number of fused-ring (bicyclic) bond motifs is 1. The highest BCUT2D eigenvalue weighted by Crippen LogP contribution is 2.19. The van der Waals surface area contributed by atoms with Crippen molar-refractivity contribution in [2.45, 2.75) is 19.5 Å². The third-order valence-corrected chi connectivity index (χ3v) is 4.47. The fourth-order valence-corrected chi connectivity index (χ4v) is 3.26. The van der Waals surface area contributed by atoms with Crippen LogP contribution in [0.1, 0.15) is 16.7 Å². The van der Waals surface area contributed by atoms with Gasteiger partial charge in [-0.15, -0.1) is 0 Å². The van der Waals surface area contributed by atoms with Crippen LogP contribution in [0.15, 0.2) is 48.5 Å². The van der Waals surface area contributed by atoms with Crippen LogP contribution in [-0.2, 0) is 24.3 Å². The minimum Gasteiger partial charge on any atom is -0.337 e. The van der Waals surface area contributed by atoms with Gasteiger partial charge >= 0.3 is 0 Å². The Hall–Kier alpha value is -1.84. The molecule has 2 aromatic carbocycles. The Labute approximate surface area is 142 Å². The predicted octanol–water partition coefficient (Wildman–Crippen LogP) is 3.36. The van der Waals surface area contributed by atoms with Gasteiger partial charge in [0.1, 0.15) is 0 Å². The lowest BCUT2D eigenvalue weighted by Crippen LogP contribution is -2.41. The first-order chi connectivity index (χ1) is 11.1. The molecule has 0 saturated carbocycles. The van der Waals surface area contributed by atoms with Gasteiger partial charge in [-0.2, -0.15) is 0 Å². The highest BCUT2D eigenvalue weighted by molar-refractivity contribution is 6.30. The number of hydrogen-bond acceptors (Lipinski definition) is 2. The predicted molar refractivity (Wildman–Crippen MR) is 93.3 cm³/mol. The summed E-state index contributed by atoms with van der Waals surface area (Å²) in [6.07, 6.45) is 0.944. The molecule has 23 heavy (non-hydrogen) atoms. The zero-order chi connectivity index (χ0) is 16.2. The van der Waals surface area contributed by atoms with E-state index < -0.39 is 0 Å². The van der Waals surface area contributed by atoms with Crippen molar-refractivity contribution in [1.29, 1.82) is 0 Å². The van der Waals surface area contributed by atoms with Gasteiger partial charge < -0.3 is 4.90 Å². The number of carbonyl (C=O) groups excluding carboxylic acids is 1. The summed E-state index contributed by atoms with van der Waals surface area (Å²) in [5, 5.41) is 0.731. The summed E-state index contributed by atoms with van der Waals surface area (Å²) in [6.45, 7) is 2.67. The Balaban J connectivity index is 1.57. The van der Waals surface area contributed by atoms with E-state index in [1.165, 1.54) is 11.1 Å². The molecular weight excluding hydrogens is 308 g/mol. The van der Waals surface area contributed by atoms with Crippen LogP contribution in [0, 0.1) is 0 Å². The Morgan fingerprint density at radius 1 is 1.17 bits per heavy atom. The van der Waals surface area contributed by atoms with E-state index in [1.54, 1.807) is 0 Å². The van der Waals surface area contributed by atoms with Crippen molar-refractivity contribution in [3.63, 3.8) is 0 Å². The van der Waals surface area contributed by atoms with E-state index in [0.717, 1.165) is 36.6 Å². The largest absolute Gasteiger partial charge is 0.337 e. The summed E-state index contributed by atoms with van der Waals surface area (Å²) in [4.78, 5) is 16.5. The zero-order valence-electron chi connectivity index (χ0n) is 13.3. The van der Waals surface area contributed by atoms with E-state index in [0.29, 0.717) is 6.54 Å². The van der Waals surface area contributed by atoms with Gasteiger partial charge in [0.2, 0.25) is 5.91 Å². The molecule has 1 aliphatic rings. The topological polar surface area (TPSA) is 23.6 Å². The second kappa shape index (κ2) is 7.16. The van der Waals surface area contributed by atoms with E-state index in [2.05, 4.69) is 18.2 Å². The van der Waals surface area contributed by atoms with Crippen LogP contribution in [-0.4, -0.2) is 35.8 Å². The molecule has 1 aliphatic heterocycles. The third kappa shape index (κ3) is 4.12. The summed E-state index contributed by atoms with van der Waals surface area (Å²) in [5.41, 5.74) is 3.75. The quantitative estimate of drug-likeness (QED) is 0.859. The smallest absolute Gasteiger partial charge is 0.237 e. The summed E-state index contributed by atoms with van der Waals surface area (Å²) in [7, 11) is 1.97. The molecule has 1 amide bonds. The Morgan fingerprint density at radius 2 is 1.96 bits per heavy atom. The first-order valence-electron chi connectivity index (χ1n) is 7.89. The first kappa shape index (κ1) is 16.0. The molecule has 0 fully saturated rings. The number of halogens is 1. The van der Waals surface area contributed by atoms with Crippen LogP contribution < -0.4 is 0 Å². The van der Waals surface area contributed by atoms with Crippen molar-refractivity contribution < 1.29 is 4.79 Å². The average Bonchev–Trinajstić information content (AvgIpc) is 2.54. The van der Waals surface area contributed by atoms with Gasteiger partial charge in [-0.3, -0.25) is 9.69 Å². The van der Waals surface area contributed by atoms with Crippen LogP contribution in [0.25, 0.3) is 0 Å². The molecule has 2 aromatic rings. The molecule has 3 rings (SSSR count). The number of amides is 1. The van der Waals surface area contributed by atoms with Crippen molar-refractivity contribution in [1.82, 2.24) is 9.80 Å². The molecule has 0 atom stereocenters. The van der Waals surface area contributed by atoms with Gasteiger partial charge in [-0.25, -0.2) is 0 Å². The van der Waals surface area contributed by atoms with E-state index >= 15 is 0 Å². The van der Waals surface area contributed by atoms with Crippen LogP contribution in [0.2, 0.25) is 5.02 Å². The standard InChI is InChI=1S/C19H21ClN2O/c1-21(12-15-5-4-8-18(20)11-15)14-19(23)22-10-9-16-6-2-3-7-17(16)13-22/h2-8,11H,9-10,12-14H2,1H3. The van der Waals surface area contributed by atoms with Crippen molar-refractivity contribution >= 4 is 17.5 Å². The van der Waals surface area contributed by atoms with Gasteiger partial charge in [-0.05, 0) is 42.3 Å². The summed E-state index contributed by atoms with van der Waals surface area (Å²) >= 11 is 6.01. The van der Waals surface area contributed by atoms with Crippen molar-refractivity contribution in [3.8, 4) is 0 Å². The summed E-state index contributed by atoms with van der Waals surface area (Å²) in [5.74, 6) is 0.184. The molecule has 0 bridgehead atoms.